The zero-order valence-corrected chi connectivity index (χ0v) is 9.33. The SMILES string of the molecule is O=C(Cl)N1CC(Oc2cccc(Cl)c2)C1. The second-order valence-electron chi connectivity index (χ2n) is 3.36. The van der Waals surface area contributed by atoms with E-state index in [2.05, 4.69) is 0 Å². The van der Waals surface area contributed by atoms with Gasteiger partial charge in [-0.3, -0.25) is 4.79 Å². The smallest absolute Gasteiger partial charge is 0.316 e. The summed E-state index contributed by atoms with van der Waals surface area (Å²) in [6.07, 6.45) is 0.0196. The van der Waals surface area contributed by atoms with Gasteiger partial charge < -0.3 is 9.64 Å². The van der Waals surface area contributed by atoms with Crippen LogP contribution in [0.15, 0.2) is 24.3 Å². The molecule has 0 saturated carbocycles. The van der Waals surface area contributed by atoms with Crippen LogP contribution in [0.4, 0.5) is 4.79 Å². The second-order valence-corrected chi connectivity index (χ2v) is 4.11. The summed E-state index contributed by atoms with van der Waals surface area (Å²) < 4.78 is 5.57. The van der Waals surface area contributed by atoms with Crippen molar-refractivity contribution in [1.82, 2.24) is 4.90 Å². The molecule has 80 valence electrons. The quantitative estimate of drug-likeness (QED) is 0.593. The Hall–Kier alpha value is -0.930. The van der Waals surface area contributed by atoms with E-state index in [0.29, 0.717) is 23.9 Å². The first kappa shape index (κ1) is 10.6. The highest BCUT2D eigenvalue weighted by Gasteiger charge is 2.31. The van der Waals surface area contributed by atoms with Crippen LogP contribution in [0.25, 0.3) is 0 Å². The second kappa shape index (κ2) is 4.29. The van der Waals surface area contributed by atoms with E-state index >= 15 is 0 Å². The summed E-state index contributed by atoms with van der Waals surface area (Å²) in [7, 11) is 0. The number of hydrogen-bond acceptors (Lipinski definition) is 2. The van der Waals surface area contributed by atoms with Crippen LogP contribution < -0.4 is 4.74 Å². The molecular formula is C10H9Cl2NO2. The predicted octanol–water partition coefficient (Wildman–Crippen LogP) is 2.76. The molecule has 0 unspecified atom stereocenters. The van der Waals surface area contributed by atoms with Crippen molar-refractivity contribution in [2.75, 3.05) is 13.1 Å². The lowest BCUT2D eigenvalue weighted by molar-refractivity contribution is 0.0531. The summed E-state index contributed by atoms with van der Waals surface area (Å²) in [5.41, 5.74) is 0. The highest BCUT2D eigenvalue weighted by Crippen LogP contribution is 2.21. The zero-order chi connectivity index (χ0) is 10.8. The van der Waals surface area contributed by atoms with Crippen molar-refractivity contribution >= 4 is 28.6 Å². The summed E-state index contributed by atoms with van der Waals surface area (Å²) in [6, 6.07) is 7.17. The minimum atomic E-state index is -0.430. The third-order valence-electron chi connectivity index (χ3n) is 2.20. The molecule has 1 aliphatic rings. The number of hydrogen-bond donors (Lipinski definition) is 0. The number of nitrogens with zero attached hydrogens (tertiary/aromatic N) is 1. The van der Waals surface area contributed by atoms with Crippen LogP contribution in [-0.4, -0.2) is 29.5 Å². The molecular weight excluding hydrogens is 237 g/mol. The summed E-state index contributed by atoms with van der Waals surface area (Å²) >= 11 is 11.1. The van der Waals surface area contributed by atoms with Gasteiger partial charge in [0.2, 0.25) is 0 Å². The van der Waals surface area contributed by atoms with Gasteiger partial charge in [0, 0.05) is 5.02 Å². The molecule has 2 rings (SSSR count). The van der Waals surface area contributed by atoms with Crippen molar-refractivity contribution in [2.45, 2.75) is 6.10 Å². The maximum atomic E-state index is 10.7. The van der Waals surface area contributed by atoms with Crippen LogP contribution in [0.5, 0.6) is 5.75 Å². The Morgan fingerprint density at radius 1 is 1.47 bits per heavy atom. The minimum Gasteiger partial charge on any atom is -0.487 e. The van der Waals surface area contributed by atoms with E-state index in [4.69, 9.17) is 27.9 Å². The summed E-state index contributed by atoms with van der Waals surface area (Å²) in [5, 5.41) is 0.207. The molecule has 15 heavy (non-hydrogen) atoms. The monoisotopic (exact) mass is 245 g/mol. The van der Waals surface area contributed by atoms with Gasteiger partial charge in [-0.15, -0.1) is 0 Å². The molecule has 0 atom stereocenters. The first-order valence-electron chi connectivity index (χ1n) is 4.52. The van der Waals surface area contributed by atoms with Crippen molar-refractivity contribution < 1.29 is 9.53 Å². The third-order valence-corrected chi connectivity index (χ3v) is 2.67. The molecule has 0 N–H and O–H groups in total. The van der Waals surface area contributed by atoms with Crippen molar-refractivity contribution in [3.63, 3.8) is 0 Å². The molecule has 1 amide bonds. The van der Waals surface area contributed by atoms with Crippen molar-refractivity contribution in [3.8, 4) is 5.75 Å². The number of rotatable bonds is 2. The predicted molar refractivity (Wildman–Crippen MR) is 58.7 cm³/mol. The molecule has 5 heteroatoms. The van der Waals surface area contributed by atoms with Gasteiger partial charge >= 0.3 is 5.37 Å². The highest BCUT2D eigenvalue weighted by atomic mass is 35.5. The Bertz CT molecular complexity index is 377. The molecule has 1 aromatic rings. The zero-order valence-electron chi connectivity index (χ0n) is 7.82. The van der Waals surface area contributed by atoms with Crippen LogP contribution in [0.2, 0.25) is 5.02 Å². The van der Waals surface area contributed by atoms with Gasteiger partial charge in [-0.05, 0) is 29.8 Å². The van der Waals surface area contributed by atoms with Crippen molar-refractivity contribution in [1.29, 1.82) is 0 Å². The minimum absolute atomic E-state index is 0.0196. The average molecular weight is 246 g/mol. The van der Waals surface area contributed by atoms with E-state index in [1.54, 1.807) is 12.1 Å². The van der Waals surface area contributed by atoms with E-state index < -0.39 is 5.37 Å². The fourth-order valence-corrected chi connectivity index (χ4v) is 1.71. The Morgan fingerprint density at radius 3 is 2.80 bits per heavy atom. The summed E-state index contributed by atoms with van der Waals surface area (Å²) in [4.78, 5) is 12.2. The molecule has 0 bridgehead atoms. The molecule has 0 spiro atoms. The third kappa shape index (κ3) is 2.55. The lowest BCUT2D eigenvalue weighted by atomic mass is 10.2. The van der Waals surface area contributed by atoms with E-state index in [1.807, 2.05) is 12.1 Å². The number of carbonyl (C=O) groups is 1. The number of benzene rings is 1. The maximum absolute atomic E-state index is 10.7. The fourth-order valence-electron chi connectivity index (χ4n) is 1.39. The Balaban J connectivity index is 1.87. The van der Waals surface area contributed by atoms with Gasteiger partial charge in [0.15, 0.2) is 0 Å². The molecule has 1 heterocycles. The van der Waals surface area contributed by atoms with Crippen LogP contribution in [0.3, 0.4) is 0 Å². The van der Waals surface area contributed by atoms with Crippen LogP contribution in [0.1, 0.15) is 0 Å². The van der Waals surface area contributed by atoms with Gasteiger partial charge in [-0.1, -0.05) is 17.7 Å². The lowest BCUT2D eigenvalue weighted by Gasteiger charge is -2.37. The summed E-state index contributed by atoms with van der Waals surface area (Å²) in [6.45, 7) is 1.07. The number of amides is 1. The molecule has 1 fully saturated rings. The Labute approximate surface area is 97.5 Å². The molecule has 1 aliphatic heterocycles. The van der Waals surface area contributed by atoms with Crippen molar-refractivity contribution in [2.24, 2.45) is 0 Å². The topological polar surface area (TPSA) is 29.5 Å². The maximum Gasteiger partial charge on any atom is 0.316 e. The van der Waals surface area contributed by atoms with Crippen molar-refractivity contribution in [3.05, 3.63) is 29.3 Å². The average Bonchev–Trinajstić information content (AvgIpc) is 2.10. The van der Waals surface area contributed by atoms with E-state index in [9.17, 15) is 4.79 Å². The molecule has 0 aromatic heterocycles. The van der Waals surface area contributed by atoms with Gasteiger partial charge in [-0.2, -0.15) is 0 Å². The largest absolute Gasteiger partial charge is 0.487 e. The number of ether oxygens (including phenoxy) is 1. The Kier molecular flexibility index (Phi) is 3.03. The first-order valence-corrected chi connectivity index (χ1v) is 5.27. The van der Waals surface area contributed by atoms with E-state index in [1.165, 1.54) is 4.90 Å². The number of likely N-dealkylation sites (tertiary alicyclic amines) is 1. The van der Waals surface area contributed by atoms with Gasteiger partial charge in [-0.25, -0.2) is 0 Å². The van der Waals surface area contributed by atoms with Crippen LogP contribution in [-0.2, 0) is 0 Å². The summed E-state index contributed by atoms with van der Waals surface area (Å²) in [5.74, 6) is 0.717. The molecule has 0 radical (unpaired) electrons. The van der Waals surface area contributed by atoms with Gasteiger partial charge in [0.1, 0.15) is 11.9 Å². The molecule has 3 nitrogen and oxygen atoms in total. The Morgan fingerprint density at radius 2 is 2.20 bits per heavy atom. The number of carbonyl (C=O) groups excluding carboxylic acids is 1. The fraction of sp³-hybridized carbons (Fsp3) is 0.300. The van der Waals surface area contributed by atoms with E-state index in [0.717, 1.165) is 0 Å². The lowest BCUT2D eigenvalue weighted by Crippen LogP contribution is -2.54. The molecule has 1 saturated heterocycles. The van der Waals surface area contributed by atoms with Gasteiger partial charge in [0.25, 0.3) is 0 Å². The highest BCUT2D eigenvalue weighted by molar-refractivity contribution is 6.62. The van der Waals surface area contributed by atoms with E-state index in [-0.39, 0.29) is 6.10 Å². The molecule has 1 aromatic carbocycles. The number of halogens is 2. The normalized spacial score (nSPS) is 16.0. The van der Waals surface area contributed by atoms with Crippen LogP contribution >= 0.6 is 23.2 Å². The van der Waals surface area contributed by atoms with Crippen LogP contribution in [0, 0.1) is 0 Å². The molecule has 0 aliphatic carbocycles. The first-order chi connectivity index (χ1) is 7.15. The standard InChI is InChI=1S/C10H9Cl2NO2/c11-7-2-1-3-8(4-7)15-9-5-13(6-9)10(12)14/h1-4,9H,5-6H2. The van der Waals surface area contributed by atoms with Gasteiger partial charge in [0.05, 0.1) is 13.1 Å².